The maximum absolute atomic E-state index is 11.3. The van der Waals surface area contributed by atoms with Crippen LogP contribution in [-0.4, -0.2) is 19.0 Å². The number of carbonyl (C=O) groups excluding carboxylic acids is 2. The number of amides is 1. The molecular formula is C12H15NO3. The fourth-order valence-electron chi connectivity index (χ4n) is 1.20. The summed E-state index contributed by atoms with van der Waals surface area (Å²) in [5, 5.41) is 2.73. The van der Waals surface area contributed by atoms with Crippen LogP contribution in [0, 0.1) is 0 Å². The van der Waals surface area contributed by atoms with E-state index < -0.39 is 0 Å². The first-order valence-corrected chi connectivity index (χ1v) is 5.10. The van der Waals surface area contributed by atoms with Gasteiger partial charge in [0.05, 0.1) is 13.5 Å². The fraction of sp³-hybridized carbons (Fsp3) is 0.333. The van der Waals surface area contributed by atoms with Crippen LogP contribution in [0.1, 0.15) is 18.4 Å². The first-order chi connectivity index (χ1) is 7.72. The van der Waals surface area contributed by atoms with E-state index in [0.29, 0.717) is 6.54 Å². The van der Waals surface area contributed by atoms with Crippen LogP contribution in [0.4, 0.5) is 0 Å². The van der Waals surface area contributed by atoms with Crippen molar-refractivity contribution in [2.45, 2.75) is 19.4 Å². The number of hydrogen-bond acceptors (Lipinski definition) is 3. The maximum atomic E-state index is 11.3. The van der Waals surface area contributed by atoms with Crippen molar-refractivity contribution in [1.82, 2.24) is 5.32 Å². The molecule has 0 saturated heterocycles. The Morgan fingerprint density at radius 2 is 1.88 bits per heavy atom. The van der Waals surface area contributed by atoms with Crippen molar-refractivity contribution in [3.05, 3.63) is 35.9 Å². The Bertz CT molecular complexity index is 349. The molecule has 0 saturated carbocycles. The van der Waals surface area contributed by atoms with Crippen LogP contribution in [-0.2, 0) is 20.9 Å². The molecule has 0 fully saturated rings. The largest absolute Gasteiger partial charge is 0.469 e. The van der Waals surface area contributed by atoms with E-state index in [9.17, 15) is 9.59 Å². The van der Waals surface area contributed by atoms with Crippen LogP contribution >= 0.6 is 0 Å². The van der Waals surface area contributed by atoms with Crippen LogP contribution in [0.3, 0.4) is 0 Å². The van der Waals surface area contributed by atoms with Gasteiger partial charge in [0, 0.05) is 13.0 Å². The highest BCUT2D eigenvalue weighted by Crippen LogP contribution is 1.98. The summed E-state index contributed by atoms with van der Waals surface area (Å²) in [7, 11) is 1.31. The number of nitrogens with one attached hydrogen (secondary N) is 1. The fourth-order valence-corrected chi connectivity index (χ4v) is 1.20. The molecule has 1 N–H and O–H groups in total. The van der Waals surface area contributed by atoms with Gasteiger partial charge in [-0.1, -0.05) is 30.3 Å². The van der Waals surface area contributed by atoms with Crippen LogP contribution in [0.15, 0.2) is 30.3 Å². The molecule has 0 heterocycles. The van der Waals surface area contributed by atoms with Gasteiger partial charge in [-0.2, -0.15) is 0 Å². The summed E-state index contributed by atoms with van der Waals surface area (Å²) in [6, 6.07) is 9.61. The molecule has 4 nitrogen and oxygen atoms in total. The number of esters is 1. The van der Waals surface area contributed by atoms with E-state index in [-0.39, 0.29) is 24.7 Å². The zero-order valence-corrected chi connectivity index (χ0v) is 9.23. The molecule has 16 heavy (non-hydrogen) atoms. The van der Waals surface area contributed by atoms with Gasteiger partial charge in [0.2, 0.25) is 5.91 Å². The van der Waals surface area contributed by atoms with Gasteiger partial charge >= 0.3 is 5.97 Å². The predicted octanol–water partition coefficient (Wildman–Crippen LogP) is 1.26. The normalized spacial score (nSPS) is 9.56. The van der Waals surface area contributed by atoms with Gasteiger partial charge < -0.3 is 10.1 Å². The van der Waals surface area contributed by atoms with Crippen molar-refractivity contribution < 1.29 is 14.3 Å². The van der Waals surface area contributed by atoms with E-state index in [1.807, 2.05) is 30.3 Å². The molecule has 0 unspecified atom stereocenters. The third-order valence-corrected chi connectivity index (χ3v) is 2.12. The lowest BCUT2D eigenvalue weighted by Crippen LogP contribution is -2.23. The Hall–Kier alpha value is -1.84. The van der Waals surface area contributed by atoms with Gasteiger partial charge in [-0.05, 0) is 5.56 Å². The average molecular weight is 221 g/mol. The molecule has 1 amide bonds. The SMILES string of the molecule is COC(=O)CCC(=O)NCc1ccccc1. The molecule has 0 aliphatic heterocycles. The van der Waals surface area contributed by atoms with Gasteiger partial charge in [0.15, 0.2) is 0 Å². The van der Waals surface area contributed by atoms with Crippen LogP contribution in [0.25, 0.3) is 0 Å². The number of ether oxygens (including phenoxy) is 1. The number of rotatable bonds is 5. The number of methoxy groups -OCH3 is 1. The standard InChI is InChI=1S/C12H15NO3/c1-16-12(15)8-7-11(14)13-9-10-5-3-2-4-6-10/h2-6H,7-9H2,1H3,(H,13,14). The first kappa shape index (κ1) is 12.2. The summed E-state index contributed by atoms with van der Waals surface area (Å²) in [5.74, 6) is -0.510. The Morgan fingerprint density at radius 1 is 1.19 bits per heavy atom. The third kappa shape index (κ3) is 4.59. The van der Waals surface area contributed by atoms with Crippen LogP contribution < -0.4 is 5.32 Å². The summed E-state index contributed by atoms with van der Waals surface area (Å²) >= 11 is 0. The highest BCUT2D eigenvalue weighted by atomic mass is 16.5. The second kappa shape index (κ2) is 6.61. The minimum atomic E-state index is -0.366. The lowest BCUT2D eigenvalue weighted by Gasteiger charge is -2.04. The zero-order valence-electron chi connectivity index (χ0n) is 9.23. The van der Waals surface area contributed by atoms with Crippen LogP contribution in [0.2, 0.25) is 0 Å². The van der Waals surface area contributed by atoms with Gasteiger partial charge in [0.1, 0.15) is 0 Å². The Labute approximate surface area is 94.6 Å². The number of hydrogen-bond donors (Lipinski definition) is 1. The molecule has 0 spiro atoms. The molecule has 1 aromatic carbocycles. The van der Waals surface area contributed by atoms with Crippen molar-refractivity contribution in [1.29, 1.82) is 0 Å². The Morgan fingerprint density at radius 3 is 2.50 bits per heavy atom. The molecule has 1 rings (SSSR count). The highest BCUT2D eigenvalue weighted by Gasteiger charge is 2.05. The van der Waals surface area contributed by atoms with Crippen molar-refractivity contribution in [3.8, 4) is 0 Å². The van der Waals surface area contributed by atoms with Gasteiger partial charge in [-0.3, -0.25) is 9.59 Å². The zero-order chi connectivity index (χ0) is 11.8. The van der Waals surface area contributed by atoms with Crippen LogP contribution in [0.5, 0.6) is 0 Å². The van der Waals surface area contributed by atoms with E-state index in [1.165, 1.54) is 7.11 Å². The van der Waals surface area contributed by atoms with Crippen molar-refractivity contribution in [2.75, 3.05) is 7.11 Å². The van der Waals surface area contributed by atoms with Gasteiger partial charge in [-0.15, -0.1) is 0 Å². The molecule has 0 radical (unpaired) electrons. The molecule has 0 atom stereocenters. The Balaban J connectivity index is 2.23. The molecule has 86 valence electrons. The summed E-state index contributed by atoms with van der Waals surface area (Å²) in [6.45, 7) is 0.487. The minimum Gasteiger partial charge on any atom is -0.469 e. The van der Waals surface area contributed by atoms with Crippen molar-refractivity contribution in [3.63, 3.8) is 0 Å². The smallest absolute Gasteiger partial charge is 0.306 e. The molecule has 0 aromatic heterocycles. The van der Waals surface area contributed by atoms with E-state index in [4.69, 9.17) is 0 Å². The highest BCUT2D eigenvalue weighted by molar-refractivity contribution is 5.81. The van der Waals surface area contributed by atoms with Crippen molar-refractivity contribution in [2.24, 2.45) is 0 Å². The number of carbonyl (C=O) groups is 2. The quantitative estimate of drug-likeness (QED) is 0.761. The van der Waals surface area contributed by atoms with E-state index in [2.05, 4.69) is 10.1 Å². The first-order valence-electron chi connectivity index (χ1n) is 5.10. The van der Waals surface area contributed by atoms with E-state index in [0.717, 1.165) is 5.56 Å². The molecule has 4 heteroatoms. The average Bonchev–Trinajstić information content (AvgIpc) is 2.34. The third-order valence-electron chi connectivity index (χ3n) is 2.12. The molecular weight excluding hydrogens is 206 g/mol. The second-order valence-corrected chi connectivity index (χ2v) is 3.34. The van der Waals surface area contributed by atoms with E-state index in [1.54, 1.807) is 0 Å². The monoisotopic (exact) mass is 221 g/mol. The molecule has 0 bridgehead atoms. The summed E-state index contributed by atoms with van der Waals surface area (Å²) < 4.78 is 4.44. The Kier molecular flexibility index (Phi) is 5.05. The lowest BCUT2D eigenvalue weighted by atomic mass is 10.2. The minimum absolute atomic E-state index is 0.122. The predicted molar refractivity (Wildman–Crippen MR) is 59.5 cm³/mol. The number of benzene rings is 1. The topological polar surface area (TPSA) is 55.4 Å². The lowest BCUT2D eigenvalue weighted by molar-refractivity contribution is -0.142. The second-order valence-electron chi connectivity index (χ2n) is 3.34. The molecule has 1 aromatic rings. The summed E-state index contributed by atoms with van der Waals surface area (Å²) in [4.78, 5) is 22.1. The summed E-state index contributed by atoms with van der Waals surface area (Å²) in [6.07, 6.45) is 0.288. The van der Waals surface area contributed by atoms with Crippen molar-refractivity contribution >= 4 is 11.9 Å². The van der Waals surface area contributed by atoms with Gasteiger partial charge in [-0.25, -0.2) is 0 Å². The maximum Gasteiger partial charge on any atom is 0.306 e. The molecule has 0 aliphatic rings. The summed E-state index contributed by atoms with van der Waals surface area (Å²) in [5.41, 5.74) is 1.04. The van der Waals surface area contributed by atoms with Gasteiger partial charge in [0.25, 0.3) is 0 Å². The molecule has 0 aliphatic carbocycles. The van der Waals surface area contributed by atoms with E-state index >= 15 is 0 Å².